The van der Waals surface area contributed by atoms with Crippen molar-refractivity contribution in [1.82, 2.24) is 14.2 Å². The Morgan fingerprint density at radius 3 is 2.56 bits per heavy atom. The van der Waals surface area contributed by atoms with Gasteiger partial charge in [-0.25, -0.2) is 13.1 Å². The molecule has 0 amide bonds. The van der Waals surface area contributed by atoms with E-state index in [2.05, 4.69) is 32.5 Å². The molecule has 1 saturated carbocycles. The van der Waals surface area contributed by atoms with Gasteiger partial charge in [-0.15, -0.1) is 0 Å². The predicted octanol–water partition coefficient (Wildman–Crippen LogP) is 3.03. The normalized spacial score (nSPS) is 18.1. The van der Waals surface area contributed by atoms with Crippen LogP contribution in [0.3, 0.4) is 0 Å². The maximum Gasteiger partial charge on any atom is 0.214 e. The molecule has 0 aliphatic heterocycles. The highest BCUT2D eigenvalue weighted by Gasteiger charge is 2.29. The van der Waals surface area contributed by atoms with E-state index in [-0.39, 0.29) is 11.3 Å². The molecule has 5 nitrogen and oxygen atoms in total. The van der Waals surface area contributed by atoms with E-state index >= 15 is 0 Å². The van der Waals surface area contributed by atoms with E-state index in [1.165, 1.54) is 10.9 Å². The average molecular weight is 364 g/mol. The summed E-state index contributed by atoms with van der Waals surface area (Å²) in [6.07, 6.45) is 6.89. The van der Waals surface area contributed by atoms with E-state index in [0.29, 0.717) is 6.54 Å². The largest absolute Gasteiger partial charge is 0.350 e. The quantitative estimate of drug-likeness (QED) is 0.858. The van der Waals surface area contributed by atoms with E-state index in [4.69, 9.17) is 0 Å². The zero-order chi connectivity index (χ0) is 18.0. The molecule has 1 aliphatic carbocycles. The average Bonchev–Trinajstić information content (AvgIpc) is 2.93. The molecular weight excluding hydrogens is 334 g/mol. The van der Waals surface area contributed by atoms with Crippen LogP contribution >= 0.6 is 0 Å². The highest BCUT2D eigenvalue weighted by atomic mass is 32.2. The number of hydrogen-bond acceptors (Lipinski definition) is 3. The van der Waals surface area contributed by atoms with Crippen molar-refractivity contribution in [2.45, 2.75) is 43.4 Å². The first-order chi connectivity index (χ1) is 11.9. The lowest BCUT2D eigenvalue weighted by atomic mass is 10.0. The summed E-state index contributed by atoms with van der Waals surface area (Å²) >= 11 is 0. The number of nitrogens with zero attached hydrogens (tertiary/aromatic N) is 2. The van der Waals surface area contributed by atoms with Gasteiger partial charge in [0.15, 0.2) is 0 Å². The maximum atomic E-state index is 12.7. The Labute approximate surface area is 151 Å². The van der Waals surface area contributed by atoms with Crippen LogP contribution in [0.1, 0.15) is 43.7 Å². The van der Waals surface area contributed by atoms with Gasteiger partial charge in [0.2, 0.25) is 10.0 Å². The Balaban J connectivity index is 1.82. The van der Waals surface area contributed by atoms with Crippen LogP contribution in [0.5, 0.6) is 0 Å². The smallest absolute Gasteiger partial charge is 0.214 e. The molecule has 1 aromatic heterocycles. The Morgan fingerprint density at radius 2 is 1.88 bits per heavy atom. The summed E-state index contributed by atoms with van der Waals surface area (Å²) in [5, 5.41) is 0.956. The fraction of sp³-hybridized carbons (Fsp3) is 0.579. The summed E-state index contributed by atoms with van der Waals surface area (Å²) in [4.78, 5) is 2.09. The number of para-hydroxylation sites is 1. The standard InChI is InChI=1S/C19H29N3O2S/c1-21(2)19(13-20-25(23,24)15-9-5-4-6-10-15)17-14-22(3)18-12-8-7-11-16(17)18/h7-8,11-12,14-15,19-20H,4-6,9-10,13H2,1-3H3. The van der Waals surface area contributed by atoms with Gasteiger partial charge in [-0.3, -0.25) is 0 Å². The summed E-state index contributed by atoms with van der Waals surface area (Å²) < 4.78 is 30.4. The number of nitrogens with one attached hydrogen (secondary N) is 1. The van der Waals surface area contributed by atoms with Gasteiger partial charge in [-0.05, 0) is 38.6 Å². The second-order valence-electron chi connectivity index (χ2n) is 7.35. The molecule has 0 saturated heterocycles. The lowest BCUT2D eigenvalue weighted by molar-refractivity contribution is 0.300. The molecule has 1 fully saturated rings. The molecule has 0 bridgehead atoms. The van der Waals surface area contributed by atoms with Crippen LogP contribution in [0, 0.1) is 0 Å². The Bertz CT molecular complexity index is 820. The van der Waals surface area contributed by atoms with E-state index in [1.807, 2.05) is 33.3 Å². The van der Waals surface area contributed by atoms with Gasteiger partial charge in [-0.2, -0.15) is 0 Å². The second-order valence-corrected chi connectivity index (χ2v) is 9.39. The minimum Gasteiger partial charge on any atom is -0.350 e. The number of benzene rings is 1. The van der Waals surface area contributed by atoms with Gasteiger partial charge in [0.1, 0.15) is 0 Å². The molecule has 0 spiro atoms. The molecule has 1 atom stereocenters. The monoisotopic (exact) mass is 363 g/mol. The van der Waals surface area contributed by atoms with Crippen molar-refractivity contribution >= 4 is 20.9 Å². The van der Waals surface area contributed by atoms with Crippen LogP contribution in [0.4, 0.5) is 0 Å². The van der Waals surface area contributed by atoms with Crippen molar-refractivity contribution < 1.29 is 8.42 Å². The van der Waals surface area contributed by atoms with Crippen molar-refractivity contribution in [3.05, 3.63) is 36.0 Å². The Morgan fingerprint density at radius 1 is 1.20 bits per heavy atom. The molecule has 6 heteroatoms. The predicted molar refractivity (Wildman–Crippen MR) is 103 cm³/mol. The molecule has 25 heavy (non-hydrogen) atoms. The number of likely N-dealkylation sites (N-methyl/N-ethyl adjacent to an activating group) is 1. The fourth-order valence-electron chi connectivity index (χ4n) is 3.90. The third kappa shape index (κ3) is 3.91. The number of aromatic nitrogens is 1. The first-order valence-electron chi connectivity index (χ1n) is 9.09. The Hall–Kier alpha value is -1.37. The third-order valence-electron chi connectivity index (χ3n) is 5.38. The zero-order valence-electron chi connectivity index (χ0n) is 15.4. The molecule has 2 aromatic rings. The maximum absolute atomic E-state index is 12.7. The fourth-order valence-corrected chi connectivity index (χ4v) is 5.48. The molecule has 138 valence electrons. The van der Waals surface area contributed by atoms with Crippen molar-refractivity contribution in [1.29, 1.82) is 0 Å². The first-order valence-corrected chi connectivity index (χ1v) is 10.6. The second kappa shape index (κ2) is 7.48. The van der Waals surface area contributed by atoms with Crippen LogP contribution in [0.15, 0.2) is 30.5 Å². The zero-order valence-corrected chi connectivity index (χ0v) is 16.2. The lowest BCUT2D eigenvalue weighted by Gasteiger charge is -2.27. The van der Waals surface area contributed by atoms with Gasteiger partial charge in [0.05, 0.1) is 5.25 Å². The SMILES string of the molecule is CN(C)C(CNS(=O)(=O)C1CCCCC1)c1cn(C)c2ccccc12. The summed E-state index contributed by atoms with van der Waals surface area (Å²) in [5.41, 5.74) is 2.33. The molecule has 1 aromatic carbocycles. The van der Waals surface area contributed by atoms with Crippen molar-refractivity contribution in [3.63, 3.8) is 0 Å². The third-order valence-corrected chi connectivity index (χ3v) is 7.30. The van der Waals surface area contributed by atoms with Gasteiger partial charge in [0, 0.05) is 36.7 Å². The first kappa shape index (κ1) is 18.4. The van der Waals surface area contributed by atoms with Crippen LogP contribution in [0.25, 0.3) is 10.9 Å². The molecule has 1 heterocycles. The molecule has 1 unspecified atom stereocenters. The Kier molecular flexibility index (Phi) is 5.51. The number of hydrogen-bond donors (Lipinski definition) is 1. The minimum atomic E-state index is -3.25. The lowest BCUT2D eigenvalue weighted by Crippen LogP contribution is -2.40. The van der Waals surface area contributed by atoms with E-state index in [0.717, 1.165) is 37.7 Å². The number of sulfonamides is 1. The van der Waals surface area contributed by atoms with Gasteiger partial charge >= 0.3 is 0 Å². The summed E-state index contributed by atoms with van der Waals surface area (Å²) in [5.74, 6) is 0. The molecule has 1 aliphatic rings. The van der Waals surface area contributed by atoms with E-state index in [1.54, 1.807) is 0 Å². The highest BCUT2D eigenvalue weighted by molar-refractivity contribution is 7.90. The molecular formula is C19H29N3O2S. The van der Waals surface area contributed by atoms with Crippen LogP contribution in [0.2, 0.25) is 0 Å². The van der Waals surface area contributed by atoms with E-state index in [9.17, 15) is 8.42 Å². The number of fused-ring (bicyclic) bond motifs is 1. The summed E-state index contributed by atoms with van der Waals surface area (Å²) in [7, 11) is 2.79. The molecule has 1 N–H and O–H groups in total. The van der Waals surface area contributed by atoms with Crippen LogP contribution in [-0.2, 0) is 17.1 Å². The topological polar surface area (TPSA) is 54.3 Å². The van der Waals surface area contributed by atoms with Crippen LogP contribution in [-0.4, -0.2) is 43.8 Å². The summed E-state index contributed by atoms with van der Waals surface area (Å²) in [6, 6.07) is 8.27. The summed E-state index contributed by atoms with van der Waals surface area (Å²) in [6.45, 7) is 0.403. The van der Waals surface area contributed by atoms with E-state index < -0.39 is 10.0 Å². The highest BCUT2D eigenvalue weighted by Crippen LogP contribution is 2.29. The number of aryl methyl sites for hydroxylation is 1. The number of rotatable bonds is 6. The van der Waals surface area contributed by atoms with Crippen molar-refractivity contribution in [2.24, 2.45) is 7.05 Å². The van der Waals surface area contributed by atoms with Crippen molar-refractivity contribution in [3.8, 4) is 0 Å². The van der Waals surface area contributed by atoms with Gasteiger partial charge in [-0.1, -0.05) is 37.5 Å². The van der Waals surface area contributed by atoms with Gasteiger partial charge in [0.25, 0.3) is 0 Å². The van der Waals surface area contributed by atoms with Crippen molar-refractivity contribution in [2.75, 3.05) is 20.6 Å². The van der Waals surface area contributed by atoms with Crippen LogP contribution < -0.4 is 4.72 Å². The molecule has 3 rings (SSSR count). The van der Waals surface area contributed by atoms with Gasteiger partial charge < -0.3 is 9.47 Å². The molecule has 0 radical (unpaired) electrons. The minimum absolute atomic E-state index is 0.00413.